The molecule has 1 atom stereocenters. The predicted molar refractivity (Wildman–Crippen MR) is 26.3 cm³/mol. The molecule has 1 amide bonds. The Balaban J connectivity index is 2.70. The van der Waals surface area contributed by atoms with Crippen molar-refractivity contribution in [2.75, 3.05) is 5.75 Å². The Hall–Kier alpha value is -0.420. The molecule has 0 aromatic carbocycles. The molecule has 1 rings (SSSR count). The van der Waals surface area contributed by atoms with Crippen molar-refractivity contribution in [2.24, 2.45) is 0 Å². The third-order valence-electron chi connectivity index (χ3n) is 0.897. The quantitative estimate of drug-likeness (QED) is 0.445. The highest BCUT2D eigenvalue weighted by atomic mass is 32.2. The molecular weight excluding hydrogens is 130 g/mol. The van der Waals surface area contributed by atoms with Crippen LogP contribution in [0.25, 0.3) is 0 Å². The van der Waals surface area contributed by atoms with Crippen molar-refractivity contribution in [2.45, 2.75) is 6.42 Å². The Kier molecular flexibility index (Phi) is 1.31. The number of nitrogens with zero attached hydrogens (tertiary/aromatic N) is 1. The summed E-state index contributed by atoms with van der Waals surface area (Å²) >= 11 is 0. The van der Waals surface area contributed by atoms with Crippen LogP contribution in [-0.2, 0) is 15.8 Å². The smallest absolute Gasteiger partial charge is 0.259 e. The van der Waals surface area contributed by atoms with Crippen LogP contribution in [-0.4, -0.2) is 25.5 Å². The molecule has 0 saturated carbocycles. The van der Waals surface area contributed by atoms with Gasteiger partial charge in [0.2, 0.25) is 0 Å². The van der Waals surface area contributed by atoms with E-state index in [4.69, 9.17) is 5.21 Å². The molecule has 0 bridgehead atoms. The summed E-state index contributed by atoms with van der Waals surface area (Å²) in [6, 6.07) is 0. The maximum Gasteiger partial charge on any atom is 0.259 e. The fourth-order valence-corrected chi connectivity index (χ4v) is 1.31. The summed E-state index contributed by atoms with van der Waals surface area (Å²) in [7, 11) is -1.46. The monoisotopic (exact) mass is 135 g/mol. The van der Waals surface area contributed by atoms with E-state index in [1.54, 1.807) is 0 Å². The van der Waals surface area contributed by atoms with E-state index in [1.165, 1.54) is 0 Å². The Morgan fingerprint density at radius 2 is 2.38 bits per heavy atom. The van der Waals surface area contributed by atoms with Gasteiger partial charge in [-0.3, -0.25) is 10.0 Å². The second-order valence-electron chi connectivity index (χ2n) is 1.44. The van der Waals surface area contributed by atoms with Crippen molar-refractivity contribution in [3.63, 3.8) is 0 Å². The van der Waals surface area contributed by atoms with Crippen LogP contribution in [0.4, 0.5) is 0 Å². The van der Waals surface area contributed by atoms with Gasteiger partial charge in [-0.25, -0.2) is 4.21 Å². The number of hydrogen-bond donors (Lipinski definition) is 1. The highest BCUT2D eigenvalue weighted by molar-refractivity contribution is 7.83. The average Bonchev–Trinajstić information content (AvgIpc) is 1.98. The zero-order valence-electron chi connectivity index (χ0n) is 4.03. The molecule has 1 heterocycles. The lowest BCUT2D eigenvalue weighted by atomic mass is 10.5. The third kappa shape index (κ3) is 0.740. The van der Waals surface area contributed by atoms with Crippen LogP contribution in [0.15, 0.2) is 0 Å². The van der Waals surface area contributed by atoms with Gasteiger partial charge in [0.05, 0.1) is 5.75 Å². The zero-order valence-corrected chi connectivity index (χ0v) is 4.85. The molecule has 1 aliphatic rings. The third-order valence-corrected chi connectivity index (χ3v) is 2.04. The van der Waals surface area contributed by atoms with Crippen molar-refractivity contribution in [1.82, 2.24) is 4.47 Å². The summed E-state index contributed by atoms with van der Waals surface area (Å²) in [5, 5.41) is 8.45. The van der Waals surface area contributed by atoms with Gasteiger partial charge < -0.3 is 0 Å². The van der Waals surface area contributed by atoms with E-state index >= 15 is 0 Å². The number of rotatable bonds is 0. The second-order valence-corrected chi connectivity index (χ2v) is 2.84. The van der Waals surface area contributed by atoms with Crippen LogP contribution < -0.4 is 0 Å². The molecule has 1 N–H and O–H groups in total. The number of carbonyl (C=O) groups excluding carboxylic acids is 1. The minimum atomic E-state index is -1.46. The van der Waals surface area contributed by atoms with Gasteiger partial charge in [0.15, 0.2) is 0 Å². The van der Waals surface area contributed by atoms with E-state index < -0.39 is 16.9 Å². The normalized spacial score (nSPS) is 29.4. The van der Waals surface area contributed by atoms with E-state index in [-0.39, 0.29) is 16.6 Å². The molecule has 5 heteroatoms. The molecule has 46 valence electrons. The molecule has 8 heavy (non-hydrogen) atoms. The molecule has 1 saturated heterocycles. The van der Waals surface area contributed by atoms with Gasteiger partial charge in [-0.2, -0.15) is 0 Å². The molecular formula is C3H5NO3S. The predicted octanol–water partition coefficient (Wildman–Crippen LogP) is -0.728. The van der Waals surface area contributed by atoms with Gasteiger partial charge >= 0.3 is 0 Å². The highest BCUT2D eigenvalue weighted by Gasteiger charge is 2.25. The lowest BCUT2D eigenvalue weighted by molar-refractivity contribution is -0.142. The minimum absolute atomic E-state index is 0.198. The summed E-state index contributed by atoms with van der Waals surface area (Å²) in [4.78, 5) is 10.3. The van der Waals surface area contributed by atoms with Crippen molar-refractivity contribution >= 4 is 16.9 Å². The molecule has 1 fully saturated rings. The number of hydrogen-bond acceptors (Lipinski definition) is 3. The zero-order chi connectivity index (χ0) is 6.15. The van der Waals surface area contributed by atoms with Gasteiger partial charge in [0.25, 0.3) is 5.91 Å². The van der Waals surface area contributed by atoms with Crippen molar-refractivity contribution in [1.29, 1.82) is 0 Å². The Morgan fingerprint density at radius 1 is 1.75 bits per heavy atom. The molecule has 0 spiro atoms. The van der Waals surface area contributed by atoms with Gasteiger partial charge in [-0.15, -0.1) is 4.47 Å². The van der Waals surface area contributed by atoms with Crippen LogP contribution >= 0.6 is 0 Å². The summed E-state index contributed by atoms with van der Waals surface area (Å²) in [5.74, 6) is -0.196. The van der Waals surface area contributed by atoms with Gasteiger partial charge in [-0.05, 0) is 0 Å². The maximum atomic E-state index is 10.4. The number of carbonyl (C=O) groups is 1. The van der Waals surface area contributed by atoms with Crippen LogP contribution in [0.3, 0.4) is 0 Å². The van der Waals surface area contributed by atoms with Crippen LogP contribution in [0, 0.1) is 0 Å². The van der Waals surface area contributed by atoms with Gasteiger partial charge in [-0.1, -0.05) is 0 Å². The first kappa shape index (κ1) is 5.71. The van der Waals surface area contributed by atoms with Gasteiger partial charge in [0.1, 0.15) is 11.0 Å². The second kappa shape index (κ2) is 1.83. The number of amides is 1. The van der Waals surface area contributed by atoms with Crippen LogP contribution in [0.1, 0.15) is 6.42 Å². The van der Waals surface area contributed by atoms with Crippen LogP contribution in [0.5, 0.6) is 0 Å². The number of hydroxylamine groups is 1. The van der Waals surface area contributed by atoms with E-state index in [9.17, 15) is 9.00 Å². The standard InChI is InChI=1S/C3H5NO3S/c5-3-1-2-8(7)4(3)6/h6H,1-2H2. The molecule has 0 aromatic rings. The van der Waals surface area contributed by atoms with Crippen molar-refractivity contribution in [3.05, 3.63) is 0 Å². The Morgan fingerprint density at radius 3 is 2.50 bits per heavy atom. The SMILES string of the molecule is O=C1CCS(=O)N1O. The molecule has 1 aliphatic heterocycles. The molecule has 0 aromatic heterocycles. The van der Waals surface area contributed by atoms with Crippen molar-refractivity contribution in [3.8, 4) is 0 Å². The fourth-order valence-electron chi connectivity index (χ4n) is 0.470. The molecule has 0 aliphatic carbocycles. The molecule has 4 nitrogen and oxygen atoms in total. The van der Waals surface area contributed by atoms with E-state index in [1.807, 2.05) is 0 Å². The van der Waals surface area contributed by atoms with E-state index in [0.29, 0.717) is 0 Å². The fraction of sp³-hybridized carbons (Fsp3) is 0.667. The maximum absolute atomic E-state index is 10.4. The van der Waals surface area contributed by atoms with E-state index in [2.05, 4.69) is 0 Å². The lowest BCUT2D eigenvalue weighted by Gasteiger charge is -1.99. The Labute approximate surface area is 48.6 Å². The summed E-state index contributed by atoms with van der Waals surface area (Å²) < 4.78 is 10.6. The topological polar surface area (TPSA) is 57.6 Å². The first-order valence-corrected chi connectivity index (χ1v) is 3.40. The first-order chi connectivity index (χ1) is 3.72. The lowest BCUT2D eigenvalue weighted by Crippen LogP contribution is -2.20. The van der Waals surface area contributed by atoms with Crippen molar-refractivity contribution < 1.29 is 14.2 Å². The average molecular weight is 135 g/mol. The van der Waals surface area contributed by atoms with Gasteiger partial charge in [0, 0.05) is 6.42 Å². The Bertz CT molecular complexity index is 129. The summed E-state index contributed by atoms with van der Waals surface area (Å²) in [6.07, 6.45) is 0.198. The van der Waals surface area contributed by atoms with Crippen LogP contribution in [0.2, 0.25) is 0 Å². The highest BCUT2D eigenvalue weighted by Crippen LogP contribution is 2.05. The minimum Gasteiger partial charge on any atom is -0.273 e. The largest absolute Gasteiger partial charge is 0.273 e. The summed E-state index contributed by atoms with van der Waals surface area (Å²) in [6.45, 7) is 0. The molecule has 1 unspecified atom stereocenters. The summed E-state index contributed by atoms with van der Waals surface area (Å²) in [5.41, 5.74) is 0. The first-order valence-electron chi connectivity index (χ1n) is 2.12. The van der Waals surface area contributed by atoms with E-state index in [0.717, 1.165) is 0 Å². The molecule has 0 radical (unpaired) electrons.